The average molecular weight is 370 g/mol. The predicted molar refractivity (Wildman–Crippen MR) is 93.1 cm³/mol. The summed E-state index contributed by atoms with van der Waals surface area (Å²) in [5.41, 5.74) is 1.23. The van der Waals surface area contributed by atoms with Crippen molar-refractivity contribution in [1.82, 2.24) is 15.5 Å². The monoisotopic (exact) mass is 369 g/mol. The van der Waals surface area contributed by atoms with Crippen LogP contribution in [0.25, 0.3) is 0 Å². The summed E-state index contributed by atoms with van der Waals surface area (Å²) in [4.78, 5) is 14.7. The van der Waals surface area contributed by atoms with Gasteiger partial charge in [0, 0.05) is 29.4 Å². The Morgan fingerprint density at radius 2 is 2.12 bits per heavy atom. The second-order valence-electron chi connectivity index (χ2n) is 5.61. The molecule has 24 heavy (non-hydrogen) atoms. The van der Waals surface area contributed by atoms with Crippen LogP contribution in [0.4, 0.5) is 4.39 Å². The highest BCUT2D eigenvalue weighted by Crippen LogP contribution is 2.34. The summed E-state index contributed by atoms with van der Waals surface area (Å²) < 4.78 is 19.7. The van der Waals surface area contributed by atoms with Crippen LogP contribution in [-0.2, 0) is 9.53 Å². The summed E-state index contributed by atoms with van der Waals surface area (Å²) in [7, 11) is 0. The standard InChI is InChI=1S/C16H17ClFN3O2S/c1-9-12(15(22)21-5-7-23-8-6-21)14(20-16(24)19-9)13-10(17)3-2-4-11(13)18/h2-4,14H,5-8H2,1H3,(H2,19,20,24)/t14-/m0/s1. The lowest BCUT2D eigenvalue weighted by molar-refractivity contribution is -0.131. The summed E-state index contributed by atoms with van der Waals surface area (Å²) in [6, 6.07) is 3.71. The predicted octanol–water partition coefficient (Wildman–Crippen LogP) is 2.13. The Hall–Kier alpha value is -1.70. The molecule has 2 aliphatic heterocycles. The molecule has 0 spiro atoms. The van der Waals surface area contributed by atoms with Gasteiger partial charge < -0.3 is 20.3 Å². The second-order valence-corrected chi connectivity index (χ2v) is 6.43. The zero-order chi connectivity index (χ0) is 17.3. The molecule has 0 radical (unpaired) electrons. The third-order valence-electron chi connectivity index (χ3n) is 4.09. The molecule has 0 aromatic heterocycles. The minimum atomic E-state index is -0.734. The van der Waals surface area contributed by atoms with E-state index in [0.717, 1.165) is 0 Å². The van der Waals surface area contributed by atoms with Gasteiger partial charge in [0.15, 0.2) is 5.11 Å². The molecule has 0 unspecified atom stereocenters. The van der Waals surface area contributed by atoms with Crippen molar-refractivity contribution >= 4 is 34.8 Å². The molecule has 8 heteroatoms. The number of rotatable bonds is 2. The van der Waals surface area contributed by atoms with Crippen molar-refractivity contribution in [2.24, 2.45) is 0 Å². The van der Waals surface area contributed by atoms with E-state index >= 15 is 0 Å². The molecule has 0 aliphatic carbocycles. The molecule has 3 rings (SSSR count). The Labute approximate surface area is 149 Å². The van der Waals surface area contributed by atoms with E-state index in [2.05, 4.69) is 10.6 Å². The van der Waals surface area contributed by atoms with Crippen LogP contribution >= 0.6 is 23.8 Å². The number of hydrogen-bond donors (Lipinski definition) is 2. The number of hydrogen-bond acceptors (Lipinski definition) is 3. The Balaban J connectivity index is 2.04. The first kappa shape index (κ1) is 17.1. The van der Waals surface area contributed by atoms with Gasteiger partial charge in [-0.2, -0.15) is 0 Å². The summed E-state index contributed by atoms with van der Waals surface area (Å²) in [6.07, 6.45) is 0. The Morgan fingerprint density at radius 3 is 2.79 bits per heavy atom. The number of nitrogens with zero attached hydrogens (tertiary/aromatic N) is 1. The third-order valence-corrected chi connectivity index (χ3v) is 4.64. The molecule has 0 saturated carbocycles. The summed E-state index contributed by atoms with van der Waals surface area (Å²) in [5.74, 6) is -0.660. The molecule has 1 amide bonds. The minimum Gasteiger partial charge on any atom is -0.378 e. The fourth-order valence-electron chi connectivity index (χ4n) is 2.92. The SMILES string of the molecule is CC1=C(C(=O)N2CCOCC2)[C@@H](c2c(F)cccc2Cl)NC(=S)N1. The molecule has 1 aromatic carbocycles. The highest BCUT2D eigenvalue weighted by Gasteiger charge is 2.35. The first-order valence-electron chi connectivity index (χ1n) is 7.58. The first-order valence-corrected chi connectivity index (χ1v) is 8.37. The average Bonchev–Trinajstić information content (AvgIpc) is 2.54. The topological polar surface area (TPSA) is 53.6 Å². The van der Waals surface area contributed by atoms with E-state index in [-0.39, 0.29) is 16.5 Å². The number of ether oxygens (including phenoxy) is 1. The van der Waals surface area contributed by atoms with Crippen LogP contribution < -0.4 is 10.6 Å². The third kappa shape index (κ3) is 3.24. The largest absolute Gasteiger partial charge is 0.378 e. The van der Waals surface area contributed by atoms with E-state index in [0.29, 0.717) is 42.7 Å². The number of halogens is 2. The van der Waals surface area contributed by atoms with Crippen LogP contribution in [0.2, 0.25) is 5.02 Å². The van der Waals surface area contributed by atoms with Gasteiger partial charge in [0.2, 0.25) is 0 Å². The minimum absolute atomic E-state index is 0.178. The number of benzene rings is 1. The zero-order valence-corrected chi connectivity index (χ0v) is 14.6. The van der Waals surface area contributed by atoms with E-state index in [4.69, 9.17) is 28.6 Å². The number of allylic oxidation sites excluding steroid dienone is 1. The lowest BCUT2D eigenvalue weighted by Gasteiger charge is -2.35. The molecule has 1 aromatic rings. The Morgan fingerprint density at radius 1 is 1.42 bits per heavy atom. The van der Waals surface area contributed by atoms with Gasteiger partial charge in [-0.15, -0.1) is 0 Å². The fourth-order valence-corrected chi connectivity index (χ4v) is 3.46. The zero-order valence-electron chi connectivity index (χ0n) is 13.1. The number of thiocarbonyl (C=S) groups is 1. The highest BCUT2D eigenvalue weighted by molar-refractivity contribution is 7.80. The first-order chi connectivity index (χ1) is 11.5. The Bertz CT molecular complexity index is 699. The molecular formula is C16H17ClFN3O2S. The number of nitrogens with one attached hydrogen (secondary N) is 2. The second kappa shape index (κ2) is 7.04. The number of morpholine rings is 1. The molecular weight excluding hydrogens is 353 g/mol. The van der Waals surface area contributed by atoms with Gasteiger partial charge in [0.25, 0.3) is 5.91 Å². The van der Waals surface area contributed by atoms with Gasteiger partial charge >= 0.3 is 0 Å². The summed E-state index contributed by atoms with van der Waals surface area (Å²) in [5, 5.41) is 6.49. The van der Waals surface area contributed by atoms with Crippen molar-refractivity contribution in [2.75, 3.05) is 26.3 Å². The van der Waals surface area contributed by atoms with Gasteiger partial charge in [-0.25, -0.2) is 4.39 Å². The van der Waals surface area contributed by atoms with Gasteiger partial charge in [-0.3, -0.25) is 4.79 Å². The summed E-state index contributed by atoms with van der Waals surface area (Å²) >= 11 is 11.4. The maximum Gasteiger partial charge on any atom is 0.254 e. The van der Waals surface area contributed by atoms with E-state index in [1.165, 1.54) is 12.1 Å². The van der Waals surface area contributed by atoms with Crippen molar-refractivity contribution in [3.63, 3.8) is 0 Å². The van der Waals surface area contributed by atoms with Gasteiger partial charge in [-0.1, -0.05) is 17.7 Å². The van der Waals surface area contributed by atoms with E-state index in [9.17, 15) is 9.18 Å². The molecule has 2 N–H and O–H groups in total. The van der Waals surface area contributed by atoms with Crippen LogP contribution in [0.15, 0.2) is 29.5 Å². The molecule has 2 aliphatic rings. The summed E-state index contributed by atoms with van der Waals surface area (Å²) in [6.45, 7) is 3.73. The van der Waals surface area contributed by atoms with Crippen LogP contribution in [0.1, 0.15) is 18.5 Å². The maximum atomic E-state index is 14.4. The molecule has 1 atom stereocenters. The molecule has 5 nitrogen and oxygen atoms in total. The van der Waals surface area contributed by atoms with Crippen molar-refractivity contribution in [3.05, 3.63) is 45.9 Å². The van der Waals surface area contributed by atoms with Crippen LogP contribution in [-0.4, -0.2) is 42.2 Å². The van der Waals surface area contributed by atoms with Crippen molar-refractivity contribution in [2.45, 2.75) is 13.0 Å². The molecule has 0 bridgehead atoms. The lowest BCUT2D eigenvalue weighted by Crippen LogP contribution is -2.49. The fraction of sp³-hybridized carbons (Fsp3) is 0.375. The smallest absolute Gasteiger partial charge is 0.254 e. The van der Waals surface area contributed by atoms with Crippen LogP contribution in [0.3, 0.4) is 0 Å². The van der Waals surface area contributed by atoms with E-state index < -0.39 is 11.9 Å². The van der Waals surface area contributed by atoms with Crippen molar-refractivity contribution in [1.29, 1.82) is 0 Å². The molecule has 1 fully saturated rings. The number of carbonyl (C=O) groups excluding carboxylic acids is 1. The van der Waals surface area contributed by atoms with Gasteiger partial charge in [0.1, 0.15) is 5.82 Å². The number of carbonyl (C=O) groups is 1. The maximum absolute atomic E-state index is 14.4. The molecule has 2 heterocycles. The van der Waals surface area contributed by atoms with Crippen molar-refractivity contribution in [3.8, 4) is 0 Å². The molecule has 128 valence electrons. The van der Waals surface area contributed by atoms with Crippen LogP contribution in [0.5, 0.6) is 0 Å². The quantitative estimate of drug-likeness (QED) is 0.782. The highest BCUT2D eigenvalue weighted by atomic mass is 35.5. The Kier molecular flexibility index (Phi) is 5.03. The molecule has 1 saturated heterocycles. The lowest BCUT2D eigenvalue weighted by atomic mass is 9.94. The number of amides is 1. The van der Waals surface area contributed by atoms with Gasteiger partial charge in [-0.05, 0) is 31.3 Å². The van der Waals surface area contributed by atoms with Crippen LogP contribution in [0, 0.1) is 5.82 Å². The van der Waals surface area contributed by atoms with Crippen molar-refractivity contribution < 1.29 is 13.9 Å². The van der Waals surface area contributed by atoms with Gasteiger partial charge in [0.05, 0.1) is 24.8 Å². The normalized spacial score (nSPS) is 21.4. The van der Waals surface area contributed by atoms with E-state index in [1.54, 1.807) is 17.9 Å². The van der Waals surface area contributed by atoms with E-state index in [1.807, 2.05) is 0 Å².